The summed E-state index contributed by atoms with van der Waals surface area (Å²) in [6.45, 7) is 4.16. The van der Waals surface area contributed by atoms with E-state index in [9.17, 15) is 9.59 Å². The first-order valence-electron chi connectivity index (χ1n) is 8.87. The van der Waals surface area contributed by atoms with Gasteiger partial charge in [-0.25, -0.2) is 4.68 Å². The van der Waals surface area contributed by atoms with Crippen LogP contribution in [0.2, 0.25) is 5.15 Å². The number of amides is 2. The zero-order valence-electron chi connectivity index (χ0n) is 16.3. The number of rotatable bonds is 6. The van der Waals surface area contributed by atoms with E-state index >= 15 is 0 Å². The highest BCUT2D eigenvalue weighted by Gasteiger charge is 2.22. The Balaban J connectivity index is 1.88. The van der Waals surface area contributed by atoms with Gasteiger partial charge in [0.05, 0.1) is 30.6 Å². The summed E-state index contributed by atoms with van der Waals surface area (Å²) in [5.74, 6) is -0.671. The Morgan fingerprint density at radius 2 is 1.86 bits per heavy atom. The van der Waals surface area contributed by atoms with Crippen LogP contribution in [0.3, 0.4) is 0 Å². The lowest BCUT2D eigenvalue weighted by molar-refractivity contribution is 0.0996. The summed E-state index contributed by atoms with van der Waals surface area (Å²) >= 11 is 6.46. The fourth-order valence-corrected chi connectivity index (χ4v) is 3.25. The molecule has 29 heavy (non-hydrogen) atoms. The van der Waals surface area contributed by atoms with E-state index in [0.717, 1.165) is 11.1 Å². The normalized spacial score (nSPS) is 10.6. The number of carbonyl (C=O) groups is 2. The summed E-state index contributed by atoms with van der Waals surface area (Å²) in [5, 5.41) is 7.35. The van der Waals surface area contributed by atoms with Crippen molar-refractivity contribution in [3.8, 4) is 5.75 Å². The number of hydrogen-bond acceptors (Lipinski definition) is 4. The average Bonchev–Trinajstić information content (AvgIpc) is 2.96. The molecule has 3 rings (SSSR count). The monoisotopic (exact) mass is 412 g/mol. The third kappa shape index (κ3) is 4.41. The van der Waals surface area contributed by atoms with Gasteiger partial charge in [-0.05, 0) is 37.6 Å². The van der Waals surface area contributed by atoms with Crippen molar-refractivity contribution in [1.82, 2.24) is 9.78 Å². The Hall–Kier alpha value is -3.32. The molecule has 1 heterocycles. The van der Waals surface area contributed by atoms with Crippen molar-refractivity contribution in [1.29, 1.82) is 0 Å². The molecule has 3 aromatic rings. The van der Waals surface area contributed by atoms with Crippen LogP contribution in [0, 0.1) is 13.8 Å². The molecule has 0 saturated heterocycles. The quantitative estimate of drug-likeness (QED) is 0.646. The summed E-state index contributed by atoms with van der Waals surface area (Å²) in [4.78, 5) is 24.3. The average molecular weight is 413 g/mol. The maximum Gasteiger partial charge on any atom is 0.260 e. The molecule has 0 spiro atoms. The third-order valence-electron chi connectivity index (χ3n) is 4.48. The number of ether oxygens (including phenoxy) is 1. The second-order valence-electron chi connectivity index (χ2n) is 6.63. The summed E-state index contributed by atoms with van der Waals surface area (Å²) in [6.07, 6.45) is 0. The first-order valence-corrected chi connectivity index (χ1v) is 9.25. The van der Waals surface area contributed by atoms with E-state index in [1.54, 1.807) is 17.7 Å². The van der Waals surface area contributed by atoms with Crippen LogP contribution in [0.1, 0.15) is 37.5 Å². The fourth-order valence-electron chi connectivity index (χ4n) is 2.93. The molecular weight excluding hydrogens is 392 g/mol. The number of hydrogen-bond donors (Lipinski definition) is 2. The van der Waals surface area contributed by atoms with Gasteiger partial charge in [-0.3, -0.25) is 9.59 Å². The molecule has 0 aliphatic rings. The van der Waals surface area contributed by atoms with Crippen LogP contribution >= 0.6 is 11.6 Å². The van der Waals surface area contributed by atoms with Crippen LogP contribution in [0.25, 0.3) is 0 Å². The predicted octanol–water partition coefficient (Wildman–Crippen LogP) is 3.56. The Morgan fingerprint density at radius 1 is 1.17 bits per heavy atom. The van der Waals surface area contributed by atoms with Gasteiger partial charge >= 0.3 is 0 Å². The smallest absolute Gasteiger partial charge is 0.260 e. The molecule has 2 amide bonds. The Bertz CT molecular complexity index is 1070. The van der Waals surface area contributed by atoms with Gasteiger partial charge in [0, 0.05) is 5.56 Å². The largest absolute Gasteiger partial charge is 0.495 e. The SMILES string of the molecule is COc1ccc(C(N)=O)cc1NC(=O)c1c(C)nn(Cc2ccc(C)cc2)c1Cl. The van der Waals surface area contributed by atoms with Crippen LogP contribution in [0.4, 0.5) is 5.69 Å². The highest BCUT2D eigenvalue weighted by molar-refractivity contribution is 6.33. The number of nitrogens with two attached hydrogens (primary N) is 1. The topological polar surface area (TPSA) is 99.2 Å². The Morgan fingerprint density at radius 3 is 2.48 bits per heavy atom. The van der Waals surface area contributed by atoms with Crippen molar-refractivity contribution in [2.75, 3.05) is 12.4 Å². The van der Waals surface area contributed by atoms with Gasteiger partial charge in [-0.1, -0.05) is 41.4 Å². The number of nitrogens with zero attached hydrogens (tertiary/aromatic N) is 2. The zero-order chi connectivity index (χ0) is 21.1. The van der Waals surface area contributed by atoms with Gasteiger partial charge in [0.2, 0.25) is 5.91 Å². The summed E-state index contributed by atoms with van der Waals surface area (Å²) in [7, 11) is 1.47. The number of methoxy groups -OCH3 is 1. The third-order valence-corrected chi connectivity index (χ3v) is 4.86. The van der Waals surface area contributed by atoms with Crippen LogP contribution in [-0.2, 0) is 6.54 Å². The van der Waals surface area contributed by atoms with E-state index < -0.39 is 11.8 Å². The molecule has 0 atom stereocenters. The maximum atomic E-state index is 12.9. The van der Waals surface area contributed by atoms with E-state index in [-0.39, 0.29) is 16.3 Å². The van der Waals surface area contributed by atoms with E-state index in [1.807, 2.05) is 31.2 Å². The number of anilines is 1. The number of benzene rings is 2. The molecule has 0 bridgehead atoms. The number of halogens is 1. The minimum atomic E-state index is -0.608. The molecule has 0 aliphatic heterocycles. The second kappa shape index (κ2) is 8.36. The Labute approximate surface area is 173 Å². The van der Waals surface area contributed by atoms with Crippen LogP contribution in [-0.4, -0.2) is 28.7 Å². The van der Waals surface area contributed by atoms with Crippen LogP contribution in [0.15, 0.2) is 42.5 Å². The predicted molar refractivity (Wildman–Crippen MR) is 112 cm³/mol. The van der Waals surface area contributed by atoms with Gasteiger partial charge in [-0.15, -0.1) is 0 Å². The lowest BCUT2D eigenvalue weighted by Gasteiger charge is -2.11. The van der Waals surface area contributed by atoms with Gasteiger partial charge in [0.25, 0.3) is 5.91 Å². The standard InChI is InChI=1S/C21H21ClN4O3/c1-12-4-6-14(7-5-12)11-26-19(22)18(13(2)25-26)21(28)24-16-10-15(20(23)27)8-9-17(16)29-3/h4-10H,11H2,1-3H3,(H2,23,27)(H,24,28). The lowest BCUT2D eigenvalue weighted by atomic mass is 10.1. The Kier molecular flexibility index (Phi) is 5.89. The molecule has 2 aromatic carbocycles. The number of aryl methyl sites for hydroxylation is 2. The lowest BCUT2D eigenvalue weighted by Crippen LogP contribution is -2.16. The zero-order valence-corrected chi connectivity index (χ0v) is 17.1. The van der Waals surface area contributed by atoms with Crippen molar-refractivity contribution in [2.45, 2.75) is 20.4 Å². The molecular formula is C21H21ClN4O3. The van der Waals surface area contributed by atoms with E-state index in [0.29, 0.717) is 23.7 Å². The van der Waals surface area contributed by atoms with Gasteiger partial charge in [0.15, 0.2) is 0 Å². The van der Waals surface area contributed by atoms with E-state index in [2.05, 4.69) is 10.4 Å². The molecule has 3 N–H and O–H groups in total. The van der Waals surface area contributed by atoms with Crippen molar-refractivity contribution in [3.63, 3.8) is 0 Å². The molecule has 150 valence electrons. The number of carbonyl (C=O) groups excluding carboxylic acids is 2. The van der Waals surface area contributed by atoms with Crippen molar-refractivity contribution < 1.29 is 14.3 Å². The first kappa shape index (κ1) is 20.4. The van der Waals surface area contributed by atoms with E-state index in [1.165, 1.54) is 19.2 Å². The minimum absolute atomic E-state index is 0.227. The summed E-state index contributed by atoms with van der Waals surface area (Å²) < 4.78 is 6.83. The fraction of sp³-hybridized carbons (Fsp3) is 0.190. The number of primary amides is 1. The molecule has 0 unspecified atom stereocenters. The number of nitrogens with one attached hydrogen (secondary N) is 1. The van der Waals surface area contributed by atoms with Crippen molar-refractivity contribution in [3.05, 3.63) is 75.6 Å². The first-order chi connectivity index (χ1) is 13.8. The molecule has 0 radical (unpaired) electrons. The highest BCUT2D eigenvalue weighted by atomic mass is 35.5. The van der Waals surface area contributed by atoms with Gasteiger partial charge in [-0.2, -0.15) is 5.10 Å². The molecule has 0 fully saturated rings. The van der Waals surface area contributed by atoms with Crippen LogP contribution < -0.4 is 15.8 Å². The van der Waals surface area contributed by atoms with E-state index in [4.69, 9.17) is 22.1 Å². The maximum absolute atomic E-state index is 12.9. The van der Waals surface area contributed by atoms with Crippen molar-refractivity contribution >= 4 is 29.1 Å². The summed E-state index contributed by atoms with van der Waals surface area (Å²) in [5.41, 5.74) is 8.81. The van der Waals surface area contributed by atoms with Crippen molar-refractivity contribution in [2.24, 2.45) is 5.73 Å². The molecule has 7 nitrogen and oxygen atoms in total. The minimum Gasteiger partial charge on any atom is -0.495 e. The van der Waals surface area contributed by atoms with Crippen LogP contribution in [0.5, 0.6) is 5.75 Å². The number of aromatic nitrogens is 2. The second-order valence-corrected chi connectivity index (χ2v) is 6.99. The highest BCUT2D eigenvalue weighted by Crippen LogP contribution is 2.28. The molecule has 8 heteroatoms. The van der Waals surface area contributed by atoms with Gasteiger partial charge in [0.1, 0.15) is 10.9 Å². The van der Waals surface area contributed by atoms with Gasteiger partial charge < -0.3 is 15.8 Å². The molecule has 1 aromatic heterocycles. The molecule has 0 aliphatic carbocycles. The summed E-state index contributed by atoms with van der Waals surface area (Å²) in [6, 6.07) is 12.5. The molecule has 0 saturated carbocycles.